The van der Waals surface area contributed by atoms with Crippen molar-refractivity contribution in [3.8, 4) is 22.3 Å². The van der Waals surface area contributed by atoms with E-state index < -0.39 is 11.9 Å². The van der Waals surface area contributed by atoms with Gasteiger partial charge in [0.05, 0.1) is 36.7 Å². The first-order valence-electron chi connectivity index (χ1n) is 25.4. The minimum absolute atomic E-state index is 0. The Kier molecular flexibility index (Phi) is 22.5. The van der Waals surface area contributed by atoms with Crippen LogP contribution in [0.1, 0.15) is 83.8 Å². The topological polar surface area (TPSA) is 130 Å². The van der Waals surface area contributed by atoms with E-state index in [1.54, 1.807) is 12.1 Å². The number of hydrogen-bond donors (Lipinski definition) is 0. The monoisotopic (exact) mass is 1320 g/mol. The van der Waals surface area contributed by atoms with Crippen LogP contribution in [0.4, 0.5) is 11.4 Å². The smallest absolute Gasteiger partial charge is 0.337 e. The number of amides is 2. The van der Waals surface area contributed by atoms with E-state index in [1.165, 1.54) is 25.2 Å². The van der Waals surface area contributed by atoms with Gasteiger partial charge in [-0.15, -0.1) is 0 Å². The number of rotatable bonds is 19. The molecule has 80 heavy (non-hydrogen) atoms. The Morgan fingerprint density at radius 3 is 1.21 bits per heavy atom. The van der Waals surface area contributed by atoms with Crippen molar-refractivity contribution in [2.24, 2.45) is 10.2 Å². The molecule has 1 aliphatic heterocycles. The molecule has 0 spiro atoms. The number of aryl methyl sites for hydroxylation is 1. The van der Waals surface area contributed by atoms with E-state index in [0.717, 1.165) is 99.9 Å². The van der Waals surface area contributed by atoms with E-state index in [-0.39, 0.29) is 79.7 Å². The third kappa shape index (κ3) is 15.1. The number of ether oxygens (including phenoxy) is 2. The van der Waals surface area contributed by atoms with Gasteiger partial charge in [-0.3, -0.25) is 14.5 Å². The van der Waals surface area contributed by atoms with Gasteiger partial charge in [0.25, 0.3) is 11.8 Å². The lowest BCUT2D eigenvalue weighted by molar-refractivity contribution is -0.697. The summed E-state index contributed by atoms with van der Waals surface area (Å²) in [5.74, 6) is -1.42. The largest absolute Gasteiger partial charge is 1.00 e. The second kappa shape index (κ2) is 29.1. The number of carbonyl (C=O) groups excluding carboxylic acids is 4. The van der Waals surface area contributed by atoms with E-state index in [1.807, 2.05) is 89.8 Å². The van der Waals surface area contributed by atoms with Gasteiger partial charge in [0.15, 0.2) is 69.2 Å². The number of azo groups is 1. The first-order valence-corrected chi connectivity index (χ1v) is 25.4. The van der Waals surface area contributed by atoms with Crippen molar-refractivity contribution in [1.29, 1.82) is 0 Å². The Bertz CT molecular complexity index is 3520. The SMILES string of the molecule is COC(=O)c1cc(C[n+]2ccc(-c3cc[n+](Cc4ccc(N=Nc5ccc(C[n+]6ccc(-c7cc[n+](CCCCCCN8C(=O)c9cccc%10cccc(c9%10)C8=O)cc7)cc6)cc5)cc4)cc3)cc2)cc(C(=O)OC)c1.[Br-].[Br-].[Br-].[Br-]. The Labute approximate surface area is 507 Å². The van der Waals surface area contributed by atoms with Crippen molar-refractivity contribution in [1.82, 2.24) is 4.90 Å². The predicted octanol–water partition coefficient (Wildman–Crippen LogP) is -1.67. The zero-order chi connectivity index (χ0) is 52.4. The molecule has 0 saturated carbocycles. The molecule has 0 unspecified atom stereocenters. The maximum absolute atomic E-state index is 13.2. The Morgan fingerprint density at radius 1 is 0.438 bits per heavy atom. The number of halogens is 4. The first-order chi connectivity index (χ1) is 37.2. The van der Waals surface area contributed by atoms with Gasteiger partial charge >= 0.3 is 11.9 Å². The lowest BCUT2D eigenvalue weighted by atomic mass is 9.94. The number of methoxy groups -OCH3 is 2. The molecule has 1 aliphatic rings. The van der Waals surface area contributed by atoms with Crippen LogP contribution < -0.4 is 86.2 Å². The summed E-state index contributed by atoms with van der Waals surface area (Å²) in [7, 11) is 2.62. The number of aromatic nitrogens is 4. The standard InChI is InChI=1S/C63H57N7O6.4BrH/c1-75-62(73)53-39-47(40-54(41-53)63(74)76-2)44-69-37-27-51(28-38-69)50-25-35-68(36-26-50)43-46-15-19-56(20-16-46)65-64-55-17-13-45(14-18-55)42-67-33-23-49(24-34-67)48-21-31-66(32-22-48)29-5-3-4-6-30-70-60(71)57-11-7-9-52-10-8-12-58(59(52)57)61(70)72;;;;/h7-28,31-41H,3-6,29-30,42-44H2,1-2H3;4*1H/q+4;;;;/p-4. The maximum Gasteiger partial charge on any atom is 0.337 e. The number of hydrogen-bond acceptors (Lipinski definition) is 8. The summed E-state index contributed by atoms with van der Waals surface area (Å²) in [6, 6.07) is 49.3. The number of unbranched alkanes of at least 4 members (excludes halogenated alkanes) is 3. The molecule has 13 nitrogen and oxygen atoms in total. The van der Waals surface area contributed by atoms with Gasteiger partial charge in [0, 0.05) is 94.7 Å². The third-order valence-corrected chi connectivity index (χ3v) is 13.7. The van der Waals surface area contributed by atoms with Gasteiger partial charge in [-0.25, -0.2) is 27.9 Å². The quantitative estimate of drug-likeness (QED) is 0.0314. The van der Waals surface area contributed by atoms with Crippen molar-refractivity contribution in [3.05, 3.63) is 240 Å². The van der Waals surface area contributed by atoms with E-state index >= 15 is 0 Å². The number of benzene rings is 5. The van der Waals surface area contributed by atoms with Crippen LogP contribution in [-0.2, 0) is 35.7 Å². The van der Waals surface area contributed by atoms with Crippen LogP contribution in [0.15, 0.2) is 211 Å². The number of carbonyl (C=O) groups is 4. The summed E-state index contributed by atoms with van der Waals surface area (Å²) in [5.41, 5.74) is 10.9. The summed E-state index contributed by atoms with van der Waals surface area (Å²) >= 11 is 0. The fraction of sp³-hybridized carbons (Fsp3) is 0.175. The van der Waals surface area contributed by atoms with Crippen LogP contribution in [0.2, 0.25) is 0 Å². The van der Waals surface area contributed by atoms with Crippen LogP contribution >= 0.6 is 0 Å². The molecule has 5 heterocycles. The molecule has 408 valence electrons. The normalized spacial score (nSPS) is 11.5. The summed E-state index contributed by atoms with van der Waals surface area (Å²) in [4.78, 5) is 52.3. The third-order valence-electron chi connectivity index (χ3n) is 13.7. The maximum atomic E-state index is 13.2. The molecular weight excluding hydrogens is 1270 g/mol. The fourth-order valence-electron chi connectivity index (χ4n) is 9.60. The molecule has 0 saturated heterocycles. The van der Waals surface area contributed by atoms with Crippen LogP contribution in [0.5, 0.6) is 0 Å². The highest BCUT2D eigenvalue weighted by Gasteiger charge is 2.32. The predicted molar refractivity (Wildman–Crippen MR) is 286 cm³/mol. The average Bonchev–Trinajstić information content (AvgIpc) is 3.56. The number of esters is 2. The molecule has 0 radical (unpaired) electrons. The van der Waals surface area contributed by atoms with Crippen LogP contribution in [0.3, 0.4) is 0 Å². The van der Waals surface area contributed by atoms with Crippen molar-refractivity contribution in [2.45, 2.75) is 51.9 Å². The van der Waals surface area contributed by atoms with Crippen LogP contribution in [0, 0.1) is 0 Å². The van der Waals surface area contributed by atoms with E-state index in [4.69, 9.17) is 9.47 Å². The molecule has 17 heteroatoms. The highest BCUT2D eigenvalue weighted by molar-refractivity contribution is 6.25. The van der Waals surface area contributed by atoms with Gasteiger partial charge in [-0.1, -0.05) is 55.0 Å². The zero-order valence-electron chi connectivity index (χ0n) is 44.0. The van der Waals surface area contributed by atoms with E-state index in [9.17, 15) is 19.2 Å². The highest BCUT2D eigenvalue weighted by atomic mass is 79.9. The Hall–Kier alpha value is -7.44. The van der Waals surface area contributed by atoms with Crippen LogP contribution in [0.25, 0.3) is 33.0 Å². The molecule has 0 N–H and O–H groups in total. The average molecular weight is 1330 g/mol. The molecule has 0 fully saturated rings. The molecule has 5 aromatic carbocycles. The van der Waals surface area contributed by atoms with Crippen LogP contribution in [-0.4, -0.2) is 49.4 Å². The molecule has 4 aromatic heterocycles. The second-order valence-electron chi connectivity index (χ2n) is 18.9. The molecule has 2 amide bonds. The minimum Gasteiger partial charge on any atom is -1.00 e. The molecule has 0 atom stereocenters. The minimum atomic E-state index is -0.518. The summed E-state index contributed by atoms with van der Waals surface area (Å²) < 4.78 is 18.2. The molecule has 0 aliphatic carbocycles. The van der Waals surface area contributed by atoms with Crippen molar-refractivity contribution >= 4 is 45.9 Å². The van der Waals surface area contributed by atoms with Gasteiger partial charge in [0.2, 0.25) is 0 Å². The second-order valence-corrected chi connectivity index (χ2v) is 18.9. The zero-order valence-corrected chi connectivity index (χ0v) is 50.4. The lowest BCUT2D eigenvalue weighted by Gasteiger charge is -2.27. The summed E-state index contributed by atoms with van der Waals surface area (Å²) in [6.07, 6.45) is 20.3. The van der Waals surface area contributed by atoms with E-state index in [2.05, 4.69) is 122 Å². The highest BCUT2D eigenvalue weighted by Crippen LogP contribution is 2.30. The van der Waals surface area contributed by atoms with Crippen molar-refractivity contribution < 1.29 is 115 Å². The fourth-order valence-corrected chi connectivity index (χ4v) is 9.60. The number of nitrogens with zero attached hydrogens (tertiary/aromatic N) is 7. The van der Waals surface area contributed by atoms with Gasteiger partial charge in [-0.2, -0.15) is 10.2 Å². The number of pyridine rings is 4. The van der Waals surface area contributed by atoms with E-state index in [0.29, 0.717) is 41.9 Å². The molecular formula is C63H57Br4N7O6. The van der Waals surface area contributed by atoms with Gasteiger partial charge in [-0.05, 0) is 95.1 Å². The van der Waals surface area contributed by atoms with Gasteiger partial charge in [0.1, 0.15) is 6.54 Å². The number of imide groups is 1. The molecule has 10 rings (SSSR count). The lowest BCUT2D eigenvalue weighted by Crippen LogP contribution is -3.00. The Morgan fingerprint density at radius 2 is 0.812 bits per heavy atom. The Balaban J connectivity index is 0.00000258. The van der Waals surface area contributed by atoms with Crippen molar-refractivity contribution in [2.75, 3.05) is 20.8 Å². The summed E-state index contributed by atoms with van der Waals surface area (Å²) in [6.45, 7) is 3.23. The summed E-state index contributed by atoms with van der Waals surface area (Å²) in [5, 5.41) is 10.7. The first kappa shape index (κ1) is 61.8. The van der Waals surface area contributed by atoms with Gasteiger partial charge < -0.3 is 77.4 Å². The van der Waals surface area contributed by atoms with Crippen molar-refractivity contribution in [3.63, 3.8) is 0 Å². The molecule has 0 bridgehead atoms. The molecule has 9 aromatic rings.